The molecule has 4 rings (SSSR count). The van der Waals surface area contributed by atoms with Gasteiger partial charge < -0.3 is 4.90 Å². The number of allylic oxidation sites excluding steroid dienone is 4. The molecule has 0 radical (unpaired) electrons. The summed E-state index contributed by atoms with van der Waals surface area (Å²) in [6.45, 7) is 10.7. The summed E-state index contributed by atoms with van der Waals surface area (Å²) in [5, 5.41) is 0. The minimum absolute atomic E-state index is 0.0653. The van der Waals surface area contributed by atoms with E-state index in [1.54, 1.807) is 0 Å². The third-order valence-electron chi connectivity index (χ3n) is 5.03. The molecule has 0 aromatic heterocycles. The molecule has 1 nitrogen and oxygen atoms in total. The largest absolute Gasteiger partial charge is 0.344 e. The van der Waals surface area contributed by atoms with Crippen LogP contribution in [0.1, 0.15) is 37.5 Å². The first-order valence-electron chi connectivity index (χ1n) is 8.44. The molecule has 0 unspecified atom stereocenters. The van der Waals surface area contributed by atoms with E-state index in [1.165, 1.54) is 28.0 Å². The Morgan fingerprint density at radius 2 is 1.67 bits per heavy atom. The first-order chi connectivity index (χ1) is 11.5. The molecule has 0 atom stereocenters. The molecule has 2 heterocycles. The SMILES string of the molecule is C=C/C1=C(\C=C/C)c2ccccc2C(C)(C)c2ccc(cc2)N1C. The van der Waals surface area contributed by atoms with Gasteiger partial charge in [0.1, 0.15) is 0 Å². The van der Waals surface area contributed by atoms with Crippen molar-refractivity contribution in [3.8, 4) is 0 Å². The lowest BCUT2D eigenvalue weighted by Gasteiger charge is -2.33. The zero-order valence-electron chi connectivity index (χ0n) is 15.0. The summed E-state index contributed by atoms with van der Waals surface area (Å²) in [4.78, 5) is 2.21. The highest BCUT2D eigenvalue weighted by Gasteiger charge is 2.28. The maximum absolute atomic E-state index is 4.08. The molecule has 122 valence electrons. The van der Waals surface area contributed by atoms with Crippen molar-refractivity contribution in [2.75, 3.05) is 11.9 Å². The number of fused-ring (bicyclic) bond motifs is 3. The molecule has 2 aliphatic heterocycles. The number of hydrogen-bond acceptors (Lipinski definition) is 1. The van der Waals surface area contributed by atoms with Gasteiger partial charge in [0, 0.05) is 29.4 Å². The average molecular weight is 315 g/mol. The van der Waals surface area contributed by atoms with E-state index in [4.69, 9.17) is 0 Å². The Morgan fingerprint density at radius 1 is 1.00 bits per heavy atom. The highest BCUT2D eigenvalue weighted by atomic mass is 15.1. The van der Waals surface area contributed by atoms with Crippen molar-refractivity contribution in [2.45, 2.75) is 26.2 Å². The van der Waals surface area contributed by atoms with Gasteiger partial charge in [-0.05, 0) is 41.8 Å². The van der Waals surface area contributed by atoms with E-state index in [9.17, 15) is 0 Å². The molecule has 0 aliphatic carbocycles. The fourth-order valence-corrected chi connectivity index (χ4v) is 3.57. The summed E-state index contributed by atoms with van der Waals surface area (Å²) in [5.74, 6) is 0. The molecule has 24 heavy (non-hydrogen) atoms. The van der Waals surface area contributed by atoms with Crippen molar-refractivity contribution in [3.05, 3.63) is 95.7 Å². The standard InChI is InChI=1S/C23H25N/c1-6-10-20-19-11-8-9-12-21(19)23(3,4)17-13-15-18(16-14-17)24(5)22(20)7-2/h6-16H,2H2,1,3-5H3/b10-6-,22-20-. The Balaban J connectivity index is 2.46. The van der Waals surface area contributed by atoms with Crippen LogP contribution in [0.25, 0.3) is 5.57 Å². The van der Waals surface area contributed by atoms with E-state index >= 15 is 0 Å². The van der Waals surface area contributed by atoms with Crippen LogP contribution in [-0.2, 0) is 5.41 Å². The van der Waals surface area contributed by atoms with Gasteiger partial charge in [0.05, 0.1) is 0 Å². The van der Waals surface area contributed by atoms with E-state index in [-0.39, 0.29) is 5.41 Å². The summed E-state index contributed by atoms with van der Waals surface area (Å²) in [5.41, 5.74) is 7.36. The van der Waals surface area contributed by atoms with Crippen LogP contribution in [0.5, 0.6) is 0 Å². The van der Waals surface area contributed by atoms with Gasteiger partial charge in [-0.1, -0.05) is 69.0 Å². The minimum atomic E-state index is -0.0653. The fourth-order valence-electron chi connectivity index (χ4n) is 3.57. The Hall–Kier alpha value is -2.54. The third-order valence-corrected chi connectivity index (χ3v) is 5.03. The van der Waals surface area contributed by atoms with Crippen molar-refractivity contribution in [1.82, 2.24) is 0 Å². The van der Waals surface area contributed by atoms with E-state index in [0.717, 1.165) is 5.70 Å². The molecule has 1 heteroatoms. The first kappa shape index (κ1) is 16.3. The van der Waals surface area contributed by atoms with Crippen LogP contribution in [0.15, 0.2) is 79.0 Å². The van der Waals surface area contributed by atoms with Gasteiger partial charge in [0.2, 0.25) is 0 Å². The first-order valence-corrected chi connectivity index (χ1v) is 8.44. The lowest BCUT2D eigenvalue weighted by molar-refractivity contribution is 0.638. The number of nitrogens with zero attached hydrogens (tertiary/aromatic N) is 1. The topological polar surface area (TPSA) is 3.24 Å². The molecule has 0 saturated carbocycles. The van der Waals surface area contributed by atoms with Gasteiger partial charge in [0.25, 0.3) is 0 Å². The predicted molar refractivity (Wildman–Crippen MR) is 105 cm³/mol. The second-order valence-corrected chi connectivity index (χ2v) is 6.78. The number of anilines is 1. The molecule has 0 saturated heterocycles. The summed E-state index contributed by atoms with van der Waals surface area (Å²) in [7, 11) is 2.10. The van der Waals surface area contributed by atoms with Gasteiger partial charge in [0.15, 0.2) is 0 Å². The Morgan fingerprint density at radius 3 is 2.29 bits per heavy atom. The Bertz CT molecular complexity index is 819. The van der Waals surface area contributed by atoms with Crippen molar-refractivity contribution >= 4 is 11.3 Å². The van der Waals surface area contributed by atoms with E-state index < -0.39 is 0 Å². The molecule has 0 fully saturated rings. The van der Waals surface area contributed by atoms with Gasteiger partial charge in [-0.3, -0.25) is 0 Å². The van der Waals surface area contributed by atoms with E-state index in [2.05, 4.69) is 100.0 Å². The van der Waals surface area contributed by atoms with Gasteiger partial charge in [-0.25, -0.2) is 0 Å². The van der Waals surface area contributed by atoms with Gasteiger partial charge in [-0.15, -0.1) is 0 Å². The quantitative estimate of drug-likeness (QED) is 0.663. The van der Waals surface area contributed by atoms with Crippen molar-refractivity contribution < 1.29 is 0 Å². The van der Waals surface area contributed by atoms with Crippen LogP contribution in [0, 0.1) is 0 Å². The number of benzene rings is 2. The molecule has 0 spiro atoms. The zero-order chi connectivity index (χ0) is 17.3. The van der Waals surface area contributed by atoms with Crippen molar-refractivity contribution in [3.63, 3.8) is 0 Å². The van der Waals surface area contributed by atoms with Crippen LogP contribution >= 0.6 is 0 Å². The third kappa shape index (κ3) is 2.50. The van der Waals surface area contributed by atoms with E-state index in [0.29, 0.717) is 0 Å². The lowest BCUT2D eigenvalue weighted by atomic mass is 9.74. The predicted octanol–water partition coefficient (Wildman–Crippen LogP) is 5.94. The van der Waals surface area contributed by atoms with Crippen LogP contribution < -0.4 is 4.90 Å². The highest BCUT2D eigenvalue weighted by Crippen LogP contribution is 2.40. The average Bonchev–Trinajstić information content (AvgIpc) is 2.61. The summed E-state index contributed by atoms with van der Waals surface area (Å²) in [6.07, 6.45) is 6.24. The monoisotopic (exact) mass is 315 g/mol. The maximum Gasteiger partial charge on any atom is 0.0481 e. The van der Waals surface area contributed by atoms with Crippen LogP contribution in [-0.4, -0.2) is 7.05 Å². The summed E-state index contributed by atoms with van der Waals surface area (Å²) in [6, 6.07) is 17.6. The van der Waals surface area contributed by atoms with Crippen molar-refractivity contribution in [1.29, 1.82) is 0 Å². The van der Waals surface area contributed by atoms with Gasteiger partial charge in [-0.2, -0.15) is 0 Å². The van der Waals surface area contributed by atoms with E-state index in [1.807, 2.05) is 6.08 Å². The molecular weight excluding hydrogens is 290 g/mol. The summed E-state index contributed by atoms with van der Waals surface area (Å²) < 4.78 is 0. The Kier molecular flexibility index (Phi) is 4.19. The van der Waals surface area contributed by atoms with Gasteiger partial charge >= 0.3 is 0 Å². The lowest BCUT2D eigenvalue weighted by Crippen LogP contribution is -2.24. The molecular formula is C23H25N. The second-order valence-electron chi connectivity index (χ2n) is 6.78. The smallest absolute Gasteiger partial charge is 0.0481 e. The van der Waals surface area contributed by atoms with Crippen LogP contribution in [0.3, 0.4) is 0 Å². The molecule has 2 aromatic rings. The fraction of sp³-hybridized carbons (Fsp3) is 0.217. The molecule has 0 amide bonds. The highest BCUT2D eigenvalue weighted by molar-refractivity contribution is 5.84. The molecule has 2 aliphatic rings. The minimum Gasteiger partial charge on any atom is -0.344 e. The number of hydrogen-bond donors (Lipinski definition) is 0. The van der Waals surface area contributed by atoms with Crippen LogP contribution in [0.4, 0.5) is 5.69 Å². The molecule has 2 bridgehead atoms. The zero-order valence-corrected chi connectivity index (χ0v) is 15.0. The van der Waals surface area contributed by atoms with Crippen LogP contribution in [0.2, 0.25) is 0 Å². The second kappa shape index (κ2) is 6.16. The normalized spacial score (nSPS) is 19.4. The molecule has 0 N–H and O–H groups in total. The van der Waals surface area contributed by atoms with Crippen molar-refractivity contribution in [2.24, 2.45) is 0 Å². The number of likely N-dealkylation sites (N-methyl/N-ethyl adjacent to an activating group) is 1. The number of rotatable bonds is 2. The summed E-state index contributed by atoms with van der Waals surface area (Å²) >= 11 is 0. The Labute approximate surface area is 145 Å². The maximum atomic E-state index is 4.08. The molecule has 2 aromatic carbocycles.